The Morgan fingerprint density at radius 3 is 2.29 bits per heavy atom. The lowest BCUT2D eigenvalue weighted by Gasteiger charge is -2.29. The molecular weight excluding hydrogens is 220 g/mol. The van der Waals surface area contributed by atoms with Crippen LogP contribution in [-0.4, -0.2) is 47.5 Å². The summed E-state index contributed by atoms with van der Waals surface area (Å²) in [6, 6.07) is 0.161. The number of carbonyl (C=O) groups excluding carboxylic acids is 1. The van der Waals surface area contributed by atoms with Gasteiger partial charge < -0.3 is 15.5 Å². The van der Waals surface area contributed by atoms with Crippen molar-refractivity contribution in [3.8, 4) is 0 Å². The van der Waals surface area contributed by atoms with Crippen LogP contribution in [0.3, 0.4) is 0 Å². The highest BCUT2D eigenvalue weighted by Gasteiger charge is 2.26. The molecule has 0 saturated carbocycles. The maximum Gasteiger partial charge on any atom is 0.234 e. The summed E-state index contributed by atoms with van der Waals surface area (Å²) in [5.74, 6) is -0.106. The number of amides is 1. The number of nitrogens with one attached hydrogen (secondary N) is 2. The predicted octanol–water partition coefficient (Wildman–Crippen LogP) is 0.0142. The molecule has 5 heteroatoms. The highest BCUT2D eigenvalue weighted by Crippen LogP contribution is 2.07. The van der Waals surface area contributed by atoms with Crippen molar-refractivity contribution < 1.29 is 15.0 Å². The first-order valence-corrected chi connectivity index (χ1v) is 6.29. The van der Waals surface area contributed by atoms with Crippen LogP contribution in [0.5, 0.6) is 0 Å². The molecule has 1 atom stereocenters. The molecule has 102 valence electrons. The summed E-state index contributed by atoms with van der Waals surface area (Å²) in [7, 11) is 0. The van der Waals surface area contributed by atoms with Gasteiger partial charge >= 0.3 is 0 Å². The first kappa shape index (κ1) is 16.4. The van der Waals surface area contributed by atoms with Gasteiger partial charge in [-0.1, -0.05) is 20.3 Å². The monoisotopic (exact) mass is 246 g/mol. The van der Waals surface area contributed by atoms with Crippen molar-refractivity contribution in [2.24, 2.45) is 0 Å². The van der Waals surface area contributed by atoms with Crippen LogP contribution < -0.4 is 10.6 Å². The van der Waals surface area contributed by atoms with Crippen molar-refractivity contribution in [2.75, 3.05) is 19.8 Å². The summed E-state index contributed by atoms with van der Waals surface area (Å²) in [6.45, 7) is 5.64. The first-order chi connectivity index (χ1) is 8.03. The molecule has 17 heavy (non-hydrogen) atoms. The second-order valence-corrected chi connectivity index (χ2v) is 4.56. The number of hydrogen-bond acceptors (Lipinski definition) is 4. The number of hydrogen-bond donors (Lipinski definition) is 4. The molecule has 0 radical (unpaired) electrons. The van der Waals surface area contributed by atoms with Gasteiger partial charge in [0.25, 0.3) is 0 Å². The van der Waals surface area contributed by atoms with Gasteiger partial charge in [-0.05, 0) is 19.8 Å². The fraction of sp³-hybridized carbons (Fsp3) is 0.917. The van der Waals surface area contributed by atoms with E-state index in [0.29, 0.717) is 6.42 Å². The van der Waals surface area contributed by atoms with Gasteiger partial charge in [0.1, 0.15) is 0 Å². The van der Waals surface area contributed by atoms with E-state index in [-0.39, 0.29) is 31.7 Å². The van der Waals surface area contributed by atoms with Crippen LogP contribution in [-0.2, 0) is 4.79 Å². The molecule has 5 nitrogen and oxygen atoms in total. The Labute approximate surface area is 104 Å². The number of rotatable bonds is 9. The second kappa shape index (κ2) is 8.44. The van der Waals surface area contributed by atoms with Gasteiger partial charge in [-0.3, -0.25) is 10.1 Å². The van der Waals surface area contributed by atoms with Crippen molar-refractivity contribution in [3.05, 3.63) is 0 Å². The summed E-state index contributed by atoms with van der Waals surface area (Å²) in [5, 5.41) is 24.2. The number of aliphatic hydroxyl groups excluding tert-OH is 2. The Hall–Kier alpha value is -0.650. The smallest absolute Gasteiger partial charge is 0.234 e. The second-order valence-electron chi connectivity index (χ2n) is 4.56. The molecule has 0 rings (SSSR count). The molecule has 0 aromatic rings. The van der Waals surface area contributed by atoms with Gasteiger partial charge in [0.05, 0.1) is 25.3 Å². The van der Waals surface area contributed by atoms with Crippen LogP contribution in [0.1, 0.15) is 40.0 Å². The topological polar surface area (TPSA) is 81.6 Å². The molecule has 0 bridgehead atoms. The normalized spacial score (nSPS) is 13.5. The molecule has 1 amide bonds. The van der Waals surface area contributed by atoms with Gasteiger partial charge in [0.2, 0.25) is 5.91 Å². The Morgan fingerprint density at radius 1 is 1.29 bits per heavy atom. The molecule has 0 aliphatic heterocycles. The van der Waals surface area contributed by atoms with E-state index in [2.05, 4.69) is 17.6 Å². The standard InChI is InChI=1S/C12H26N2O3/c1-4-6-10(3)14-11(17)7-13-12(5-2,8-15)9-16/h10,13,15-16H,4-9H2,1-3H3,(H,14,17). The Balaban J connectivity index is 4.04. The third kappa shape index (κ3) is 6.00. The lowest BCUT2D eigenvalue weighted by Crippen LogP contribution is -2.54. The third-order valence-electron chi connectivity index (χ3n) is 3.04. The molecule has 0 spiro atoms. The zero-order valence-corrected chi connectivity index (χ0v) is 11.1. The quantitative estimate of drug-likeness (QED) is 0.462. The highest BCUT2D eigenvalue weighted by atomic mass is 16.3. The molecule has 1 unspecified atom stereocenters. The van der Waals surface area contributed by atoms with Gasteiger partial charge in [-0.15, -0.1) is 0 Å². The van der Waals surface area contributed by atoms with Crippen LogP contribution in [0.15, 0.2) is 0 Å². The maximum atomic E-state index is 11.6. The van der Waals surface area contributed by atoms with Crippen LogP contribution in [0.2, 0.25) is 0 Å². The average molecular weight is 246 g/mol. The van der Waals surface area contributed by atoms with E-state index in [4.69, 9.17) is 0 Å². The molecule has 4 N–H and O–H groups in total. The van der Waals surface area contributed by atoms with Crippen molar-refractivity contribution in [1.82, 2.24) is 10.6 Å². The van der Waals surface area contributed by atoms with Crippen LogP contribution in [0, 0.1) is 0 Å². The number of aliphatic hydroxyl groups is 2. The van der Waals surface area contributed by atoms with Gasteiger partial charge in [0.15, 0.2) is 0 Å². The molecule has 0 saturated heterocycles. The fourth-order valence-corrected chi connectivity index (χ4v) is 1.61. The van der Waals surface area contributed by atoms with E-state index in [0.717, 1.165) is 12.8 Å². The maximum absolute atomic E-state index is 11.6. The Morgan fingerprint density at radius 2 is 1.88 bits per heavy atom. The largest absolute Gasteiger partial charge is 0.394 e. The van der Waals surface area contributed by atoms with Crippen molar-refractivity contribution in [3.63, 3.8) is 0 Å². The third-order valence-corrected chi connectivity index (χ3v) is 3.04. The fourth-order valence-electron chi connectivity index (χ4n) is 1.61. The summed E-state index contributed by atoms with van der Waals surface area (Å²) in [4.78, 5) is 11.6. The molecule has 0 aliphatic rings. The van der Waals surface area contributed by atoms with Crippen LogP contribution in [0.25, 0.3) is 0 Å². The SMILES string of the molecule is CCCC(C)NC(=O)CNC(CC)(CO)CO. The van der Waals surface area contributed by atoms with Crippen LogP contribution in [0.4, 0.5) is 0 Å². The van der Waals surface area contributed by atoms with Gasteiger partial charge in [-0.25, -0.2) is 0 Å². The molecular formula is C12H26N2O3. The van der Waals surface area contributed by atoms with E-state index in [1.807, 2.05) is 13.8 Å². The van der Waals surface area contributed by atoms with E-state index in [1.165, 1.54) is 0 Å². The van der Waals surface area contributed by atoms with Gasteiger partial charge in [0, 0.05) is 6.04 Å². The zero-order valence-electron chi connectivity index (χ0n) is 11.1. The lowest BCUT2D eigenvalue weighted by molar-refractivity contribution is -0.121. The van der Waals surface area contributed by atoms with E-state index in [9.17, 15) is 15.0 Å². The first-order valence-electron chi connectivity index (χ1n) is 6.29. The van der Waals surface area contributed by atoms with Crippen molar-refractivity contribution in [2.45, 2.75) is 51.6 Å². The molecule has 0 heterocycles. The average Bonchev–Trinajstić information content (AvgIpc) is 2.32. The minimum atomic E-state index is -0.759. The molecule has 0 aromatic heterocycles. The summed E-state index contributed by atoms with van der Waals surface area (Å²) in [6.07, 6.45) is 2.55. The summed E-state index contributed by atoms with van der Waals surface area (Å²) in [5.41, 5.74) is -0.759. The van der Waals surface area contributed by atoms with Crippen molar-refractivity contribution >= 4 is 5.91 Å². The Bertz CT molecular complexity index is 210. The Kier molecular flexibility index (Phi) is 8.12. The van der Waals surface area contributed by atoms with E-state index < -0.39 is 5.54 Å². The van der Waals surface area contributed by atoms with Gasteiger partial charge in [-0.2, -0.15) is 0 Å². The van der Waals surface area contributed by atoms with Crippen molar-refractivity contribution in [1.29, 1.82) is 0 Å². The molecule has 0 aliphatic carbocycles. The van der Waals surface area contributed by atoms with E-state index in [1.54, 1.807) is 0 Å². The minimum absolute atomic E-state index is 0.106. The summed E-state index contributed by atoms with van der Waals surface area (Å²) < 4.78 is 0. The highest BCUT2D eigenvalue weighted by molar-refractivity contribution is 5.78. The predicted molar refractivity (Wildman–Crippen MR) is 67.7 cm³/mol. The lowest BCUT2D eigenvalue weighted by atomic mass is 9.98. The zero-order chi connectivity index (χ0) is 13.3. The number of carbonyl (C=O) groups is 1. The van der Waals surface area contributed by atoms with E-state index >= 15 is 0 Å². The molecule has 0 fully saturated rings. The molecule has 0 aromatic carbocycles. The minimum Gasteiger partial charge on any atom is -0.394 e. The van der Waals surface area contributed by atoms with Crippen LogP contribution >= 0.6 is 0 Å². The summed E-state index contributed by atoms with van der Waals surface area (Å²) >= 11 is 0.